The van der Waals surface area contributed by atoms with Gasteiger partial charge in [0.1, 0.15) is 23.9 Å². The van der Waals surface area contributed by atoms with E-state index < -0.39 is 0 Å². The van der Waals surface area contributed by atoms with Gasteiger partial charge < -0.3 is 4.74 Å². The number of hydrogen-bond acceptors (Lipinski definition) is 3. The minimum Gasteiger partial charge on any atom is -0.374 e. The molecule has 1 aromatic heterocycles. The average molecular weight is 272 g/mol. The van der Waals surface area contributed by atoms with E-state index in [9.17, 15) is 5.26 Å². The van der Waals surface area contributed by atoms with Gasteiger partial charge in [0.15, 0.2) is 0 Å². The van der Waals surface area contributed by atoms with E-state index in [1.807, 2.05) is 0 Å². The maximum absolute atomic E-state index is 9.52. The molecule has 0 aromatic carbocycles. The summed E-state index contributed by atoms with van der Waals surface area (Å²) in [6.45, 7) is 3.76. The van der Waals surface area contributed by atoms with E-state index in [0.29, 0.717) is 0 Å². The molecule has 1 aliphatic carbocycles. The van der Waals surface area contributed by atoms with E-state index >= 15 is 0 Å². The fraction of sp³-hybridized carbons (Fsp3) is 0.625. The lowest BCUT2D eigenvalue weighted by Crippen LogP contribution is -2.27. The summed E-state index contributed by atoms with van der Waals surface area (Å²) in [7, 11) is 0. The number of nitriles is 1. The molecule has 3 rings (SSSR count). The van der Waals surface area contributed by atoms with Gasteiger partial charge in [0.25, 0.3) is 5.82 Å². The molecule has 0 saturated carbocycles. The zero-order valence-electron chi connectivity index (χ0n) is 12.1. The molecule has 0 radical (unpaired) electrons. The van der Waals surface area contributed by atoms with E-state index in [1.54, 1.807) is 0 Å². The van der Waals surface area contributed by atoms with Gasteiger partial charge in [-0.15, -0.1) is 0 Å². The minimum atomic E-state index is 0.284. The first-order valence-electron chi connectivity index (χ1n) is 7.63. The Balaban J connectivity index is 1.86. The topological polar surface area (TPSA) is 59.2 Å². The summed E-state index contributed by atoms with van der Waals surface area (Å²) < 4.78 is 5.63. The number of aromatic nitrogens is 1. The maximum atomic E-state index is 9.52. The maximum Gasteiger partial charge on any atom is 0.290 e. The van der Waals surface area contributed by atoms with Gasteiger partial charge in [0.2, 0.25) is 0 Å². The standard InChI is InChI=1S/C16H21N3O/c1-11-13-6-2-3-7-14(13)15(9-17)16(19-11)18-10-12-5-4-8-20-12/h12H,2-8,10H2,1H3,(H,18,19)/p+1/t12-/m1/s1. The lowest BCUT2D eigenvalue weighted by Gasteiger charge is -2.18. The predicted octanol–water partition coefficient (Wildman–Crippen LogP) is 2.15. The molecule has 1 aromatic rings. The molecule has 2 heterocycles. The average Bonchev–Trinajstić information content (AvgIpc) is 2.99. The smallest absolute Gasteiger partial charge is 0.290 e. The molecule has 106 valence electrons. The second kappa shape index (κ2) is 5.80. The van der Waals surface area contributed by atoms with Crippen molar-refractivity contribution in [3.8, 4) is 6.07 Å². The fourth-order valence-electron chi connectivity index (χ4n) is 3.35. The molecule has 1 saturated heterocycles. The highest BCUT2D eigenvalue weighted by molar-refractivity contribution is 5.56. The van der Waals surface area contributed by atoms with Crippen LogP contribution in [0.2, 0.25) is 0 Å². The summed E-state index contributed by atoms with van der Waals surface area (Å²) >= 11 is 0. The molecular weight excluding hydrogens is 250 g/mol. The largest absolute Gasteiger partial charge is 0.374 e. The number of aromatic amines is 1. The number of rotatable bonds is 3. The quantitative estimate of drug-likeness (QED) is 0.917. The minimum absolute atomic E-state index is 0.284. The van der Waals surface area contributed by atoms with Crippen LogP contribution >= 0.6 is 0 Å². The van der Waals surface area contributed by atoms with Gasteiger partial charge in [-0.2, -0.15) is 5.26 Å². The van der Waals surface area contributed by atoms with Crippen LogP contribution in [0.5, 0.6) is 0 Å². The van der Waals surface area contributed by atoms with Crippen molar-refractivity contribution in [1.29, 1.82) is 5.26 Å². The van der Waals surface area contributed by atoms with Crippen LogP contribution in [0, 0.1) is 18.3 Å². The van der Waals surface area contributed by atoms with Gasteiger partial charge in [0, 0.05) is 6.61 Å². The number of nitrogens with zero attached hydrogens (tertiary/aromatic N) is 1. The van der Waals surface area contributed by atoms with Gasteiger partial charge in [-0.05, 0) is 56.6 Å². The van der Waals surface area contributed by atoms with Crippen LogP contribution < -0.4 is 10.3 Å². The number of aryl methyl sites for hydroxylation is 1. The molecule has 1 aliphatic heterocycles. The van der Waals surface area contributed by atoms with Gasteiger partial charge in [0.05, 0.1) is 6.10 Å². The third kappa shape index (κ3) is 2.51. The molecule has 0 bridgehead atoms. The highest BCUT2D eigenvalue weighted by atomic mass is 16.5. The summed E-state index contributed by atoms with van der Waals surface area (Å²) in [4.78, 5) is 3.39. The Morgan fingerprint density at radius 2 is 2.10 bits per heavy atom. The third-order valence-corrected chi connectivity index (χ3v) is 4.43. The van der Waals surface area contributed by atoms with Gasteiger partial charge in [-0.3, -0.25) is 5.32 Å². The van der Waals surface area contributed by atoms with Crippen LogP contribution in [0.4, 0.5) is 5.82 Å². The number of fused-ring (bicyclic) bond motifs is 1. The molecule has 20 heavy (non-hydrogen) atoms. The monoisotopic (exact) mass is 272 g/mol. The number of anilines is 1. The van der Waals surface area contributed by atoms with Crippen molar-refractivity contribution >= 4 is 5.82 Å². The molecule has 4 nitrogen and oxygen atoms in total. The first-order valence-corrected chi connectivity index (χ1v) is 7.63. The van der Waals surface area contributed by atoms with Crippen LogP contribution in [-0.2, 0) is 17.6 Å². The Hall–Kier alpha value is -1.60. The van der Waals surface area contributed by atoms with Crippen molar-refractivity contribution in [3.63, 3.8) is 0 Å². The van der Waals surface area contributed by atoms with Crippen molar-refractivity contribution in [2.75, 3.05) is 18.5 Å². The lowest BCUT2D eigenvalue weighted by molar-refractivity contribution is -0.372. The predicted molar refractivity (Wildman–Crippen MR) is 76.6 cm³/mol. The Morgan fingerprint density at radius 3 is 2.80 bits per heavy atom. The first-order chi connectivity index (χ1) is 9.79. The number of ether oxygens (including phenoxy) is 1. The zero-order valence-corrected chi connectivity index (χ0v) is 12.1. The van der Waals surface area contributed by atoms with Crippen LogP contribution in [0.25, 0.3) is 0 Å². The summed E-state index contributed by atoms with van der Waals surface area (Å²) in [5.74, 6) is 0.876. The van der Waals surface area contributed by atoms with Gasteiger partial charge in [-0.1, -0.05) is 0 Å². The molecule has 1 atom stereocenters. The first kappa shape index (κ1) is 13.4. The highest BCUT2D eigenvalue weighted by Crippen LogP contribution is 2.28. The van der Waals surface area contributed by atoms with Crippen LogP contribution in [0.15, 0.2) is 0 Å². The number of pyridine rings is 1. The molecule has 0 spiro atoms. The van der Waals surface area contributed by atoms with Gasteiger partial charge >= 0.3 is 0 Å². The number of H-pyrrole nitrogens is 1. The lowest BCUT2D eigenvalue weighted by atomic mass is 9.88. The molecule has 1 fully saturated rings. The molecule has 4 heteroatoms. The van der Waals surface area contributed by atoms with Crippen molar-refractivity contribution in [3.05, 3.63) is 22.4 Å². The van der Waals surface area contributed by atoms with Crippen LogP contribution in [0.1, 0.15) is 48.1 Å². The molecule has 2 aliphatic rings. The van der Waals surface area contributed by atoms with E-state index in [4.69, 9.17) is 4.74 Å². The Morgan fingerprint density at radius 1 is 1.30 bits per heavy atom. The third-order valence-electron chi connectivity index (χ3n) is 4.43. The summed E-state index contributed by atoms with van der Waals surface area (Å²) in [5, 5.41) is 12.9. The highest BCUT2D eigenvalue weighted by Gasteiger charge is 2.25. The van der Waals surface area contributed by atoms with Gasteiger partial charge in [-0.25, -0.2) is 4.98 Å². The number of hydrogen-bond donors (Lipinski definition) is 1. The Labute approximate surface area is 120 Å². The summed E-state index contributed by atoms with van der Waals surface area (Å²) in [6, 6.07) is 2.39. The second-order valence-corrected chi connectivity index (χ2v) is 5.79. The number of nitrogens with one attached hydrogen (secondary N) is 2. The summed E-state index contributed by atoms with van der Waals surface area (Å²) in [5.41, 5.74) is 4.62. The van der Waals surface area contributed by atoms with E-state index in [-0.39, 0.29) is 6.10 Å². The molecular formula is C16H22N3O+. The fourth-order valence-corrected chi connectivity index (χ4v) is 3.35. The van der Waals surface area contributed by atoms with Crippen LogP contribution in [0.3, 0.4) is 0 Å². The molecule has 2 N–H and O–H groups in total. The van der Waals surface area contributed by atoms with Crippen molar-refractivity contribution in [2.45, 2.75) is 51.6 Å². The Kier molecular flexibility index (Phi) is 3.88. The van der Waals surface area contributed by atoms with E-state index in [2.05, 4.69) is 23.3 Å². The van der Waals surface area contributed by atoms with Crippen molar-refractivity contribution in [1.82, 2.24) is 0 Å². The molecule has 0 unspecified atom stereocenters. The zero-order chi connectivity index (χ0) is 13.9. The van der Waals surface area contributed by atoms with Crippen LogP contribution in [-0.4, -0.2) is 19.3 Å². The summed E-state index contributed by atoms with van der Waals surface area (Å²) in [6.07, 6.45) is 7.08. The Bertz CT molecular complexity index is 542. The normalized spacial score (nSPS) is 21.3. The molecule has 0 amide bonds. The van der Waals surface area contributed by atoms with Crippen molar-refractivity contribution < 1.29 is 9.72 Å². The van der Waals surface area contributed by atoms with E-state index in [1.165, 1.54) is 29.7 Å². The van der Waals surface area contributed by atoms with E-state index in [0.717, 1.165) is 50.2 Å². The SMILES string of the molecule is Cc1[nH+]c(NC[C@H]2CCCO2)c(C#N)c2c1CCCC2. The van der Waals surface area contributed by atoms with Crippen molar-refractivity contribution in [2.24, 2.45) is 0 Å². The second-order valence-electron chi connectivity index (χ2n) is 5.79.